The molecule has 8 heteroatoms. The predicted molar refractivity (Wildman–Crippen MR) is 94.2 cm³/mol. The van der Waals surface area contributed by atoms with Crippen LogP contribution in [0, 0.1) is 6.92 Å². The summed E-state index contributed by atoms with van der Waals surface area (Å²) in [6.45, 7) is 1.90. The molecule has 6 nitrogen and oxygen atoms in total. The zero-order chi connectivity index (χ0) is 17.4. The quantitative estimate of drug-likeness (QED) is 0.491. The van der Waals surface area contributed by atoms with Crippen molar-refractivity contribution >= 4 is 33.9 Å². The fraction of sp³-hybridized carbons (Fsp3) is 0.118. The molecular formula is C17H11ClN2O4S. The van der Waals surface area contributed by atoms with E-state index in [0.29, 0.717) is 28.1 Å². The maximum atomic E-state index is 11.5. The zero-order valence-corrected chi connectivity index (χ0v) is 14.6. The van der Waals surface area contributed by atoms with E-state index >= 15 is 0 Å². The van der Waals surface area contributed by atoms with Crippen molar-refractivity contribution in [3.05, 3.63) is 62.5 Å². The molecule has 0 aliphatic carbocycles. The van der Waals surface area contributed by atoms with E-state index < -0.39 is 5.63 Å². The lowest BCUT2D eigenvalue weighted by Crippen LogP contribution is -2.00. The molecular weight excluding hydrogens is 364 g/mol. The number of nitrogens with zero attached hydrogens (tertiary/aromatic N) is 2. The van der Waals surface area contributed by atoms with Crippen molar-refractivity contribution in [2.45, 2.75) is 13.5 Å². The molecule has 3 heterocycles. The minimum Gasteiger partial charge on any atom is -0.484 e. The van der Waals surface area contributed by atoms with Crippen LogP contribution < -0.4 is 10.4 Å². The molecule has 0 radical (unpaired) electrons. The Labute approximate surface area is 150 Å². The summed E-state index contributed by atoms with van der Waals surface area (Å²) in [5, 5.41) is 6.99. The van der Waals surface area contributed by atoms with Crippen LogP contribution in [0.5, 0.6) is 5.75 Å². The van der Waals surface area contributed by atoms with E-state index in [4.69, 9.17) is 25.3 Å². The Balaban J connectivity index is 1.59. The standard InChI is InChI=1S/C17H11ClN2O4S/c1-9-5-16(21)23-12-7-13(11(18)6-10(9)12)22-8-15-19-17(24-20-15)14-3-2-4-25-14/h2-7H,8H2,1H3. The molecule has 1 aromatic carbocycles. The van der Waals surface area contributed by atoms with Crippen LogP contribution in [0.2, 0.25) is 5.02 Å². The van der Waals surface area contributed by atoms with Crippen LogP contribution in [0.1, 0.15) is 11.4 Å². The molecule has 0 bridgehead atoms. The van der Waals surface area contributed by atoms with Gasteiger partial charge in [0.15, 0.2) is 6.61 Å². The molecule has 0 aliphatic heterocycles. The summed E-state index contributed by atoms with van der Waals surface area (Å²) in [6.07, 6.45) is 0. The molecule has 0 spiro atoms. The molecule has 0 fully saturated rings. The van der Waals surface area contributed by atoms with E-state index in [1.54, 1.807) is 12.1 Å². The molecule has 3 aromatic heterocycles. The van der Waals surface area contributed by atoms with Crippen molar-refractivity contribution in [3.8, 4) is 16.5 Å². The average Bonchev–Trinajstić information content (AvgIpc) is 3.25. The Morgan fingerprint density at radius 1 is 1.32 bits per heavy atom. The van der Waals surface area contributed by atoms with Gasteiger partial charge in [0.1, 0.15) is 11.3 Å². The molecule has 0 amide bonds. The van der Waals surface area contributed by atoms with Crippen molar-refractivity contribution in [1.29, 1.82) is 0 Å². The SMILES string of the molecule is Cc1cc(=O)oc2cc(OCc3noc(-c4cccs4)n3)c(Cl)cc12. The van der Waals surface area contributed by atoms with Crippen LogP contribution in [0.15, 0.2) is 49.4 Å². The van der Waals surface area contributed by atoms with Crippen LogP contribution >= 0.6 is 22.9 Å². The van der Waals surface area contributed by atoms with Crippen LogP contribution in [-0.2, 0) is 6.61 Å². The summed E-state index contributed by atoms with van der Waals surface area (Å²) < 4.78 is 16.1. The topological polar surface area (TPSA) is 78.4 Å². The van der Waals surface area contributed by atoms with Crippen LogP contribution in [0.3, 0.4) is 0 Å². The third kappa shape index (κ3) is 3.16. The van der Waals surface area contributed by atoms with Crippen molar-refractivity contribution in [2.75, 3.05) is 0 Å². The zero-order valence-electron chi connectivity index (χ0n) is 13.0. The predicted octanol–water partition coefficient (Wildman–Crippen LogP) is 4.45. The van der Waals surface area contributed by atoms with Crippen LogP contribution in [-0.4, -0.2) is 10.1 Å². The van der Waals surface area contributed by atoms with Crippen molar-refractivity contribution in [3.63, 3.8) is 0 Å². The molecule has 25 heavy (non-hydrogen) atoms. The first-order valence-electron chi connectivity index (χ1n) is 7.33. The summed E-state index contributed by atoms with van der Waals surface area (Å²) in [6, 6.07) is 8.52. The average molecular weight is 375 g/mol. The molecule has 0 N–H and O–H groups in total. The first-order valence-corrected chi connectivity index (χ1v) is 8.59. The van der Waals surface area contributed by atoms with Gasteiger partial charge in [-0.1, -0.05) is 22.8 Å². The molecule has 0 aliphatic rings. The number of rotatable bonds is 4. The highest BCUT2D eigenvalue weighted by atomic mass is 35.5. The second kappa shape index (κ2) is 6.34. The van der Waals surface area contributed by atoms with Gasteiger partial charge in [-0.05, 0) is 30.0 Å². The molecule has 4 rings (SSSR count). The van der Waals surface area contributed by atoms with Gasteiger partial charge < -0.3 is 13.7 Å². The highest BCUT2D eigenvalue weighted by molar-refractivity contribution is 7.13. The minimum atomic E-state index is -0.419. The monoisotopic (exact) mass is 374 g/mol. The molecule has 0 atom stereocenters. The van der Waals surface area contributed by atoms with Crippen molar-refractivity contribution < 1.29 is 13.7 Å². The third-order valence-electron chi connectivity index (χ3n) is 3.56. The number of halogens is 1. The number of aromatic nitrogens is 2. The van der Waals surface area contributed by atoms with Crippen molar-refractivity contribution in [1.82, 2.24) is 10.1 Å². The smallest absolute Gasteiger partial charge is 0.336 e. The normalized spacial score (nSPS) is 11.1. The highest BCUT2D eigenvalue weighted by Crippen LogP contribution is 2.31. The van der Waals surface area contributed by atoms with Gasteiger partial charge in [0.25, 0.3) is 5.89 Å². The molecule has 0 unspecified atom stereocenters. The van der Waals surface area contributed by atoms with Gasteiger partial charge in [-0.25, -0.2) is 4.79 Å². The number of hydrogen-bond acceptors (Lipinski definition) is 7. The number of aryl methyl sites for hydroxylation is 1. The van der Waals surface area contributed by atoms with Gasteiger partial charge in [0, 0.05) is 17.5 Å². The molecule has 0 saturated carbocycles. The Kier molecular flexibility index (Phi) is 4.03. The fourth-order valence-electron chi connectivity index (χ4n) is 2.39. The van der Waals surface area contributed by atoms with Gasteiger partial charge in [0.2, 0.25) is 5.82 Å². The Bertz CT molecular complexity index is 1100. The van der Waals surface area contributed by atoms with Gasteiger partial charge in [0.05, 0.1) is 9.90 Å². The summed E-state index contributed by atoms with van der Waals surface area (Å²) >= 11 is 7.77. The molecule has 4 aromatic rings. The Morgan fingerprint density at radius 3 is 3.00 bits per heavy atom. The van der Waals surface area contributed by atoms with E-state index in [1.165, 1.54) is 17.4 Å². The maximum absolute atomic E-state index is 11.5. The minimum absolute atomic E-state index is 0.0795. The fourth-order valence-corrected chi connectivity index (χ4v) is 3.25. The summed E-state index contributed by atoms with van der Waals surface area (Å²) in [7, 11) is 0. The highest BCUT2D eigenvalue weighted by Gasteiger charge is 2.13. The largest absolute Gasteiger partial charge is 0.484 e. The Hall–Kier alpha value is -2.64. The van der Waals surface area contributed by atoms with Gasteiger partial charge in [-0.2, -0.15) is 4.98 Å². The second-order valence-corrected chi connectivity index (χ2v) is 6.66. The van der Waals surface area contributed by atoms with Crippen LogP contribution in [0.25, 0.3) is 21.7 Å². The van der Waals surface area contributed by atoms with Crippen LogP contribution in [0.4, 0.5) is 0 Å². The Morgan fingerprint density at radius 2 is 2.20 bits per heavy atom. The first kappa shape index (κ1) is 15.9. The van der Waals surface area contributed by atoms with E-state index in [9.17, 15) is 4.79 Å². The first-order chi connectivity index (χ1) is 12.1. The summed E-state index contributed by atoms with van der Waals surface area (Å²) in [5.74, 6) is 1.22. The lowest BCUT2D eigenvalue weighted by Gasteiger charge is -2.08. The van der Waals surface area contributed by atoms with Crippen molar-refractivity contribution in [2.24, 2.45) is 0 Å². The lowest BCUT2D eigenvalue weighted by atomic mass is 10.1. The number of thiophene rings is 1. The van der Waals surface area contributed by atoms with E-state index in [-0.39, 0.29) is 6.61 Å². The molecule has 126 valence electrons. The van der Waals surface area contributed by atoms with E-state index in [2.05, 4.69) is 10.1 Å². The number of benzene rings is 1. The maximum Gasteiger partial charge on any atom is 0.336 e. The third-order valence-corrected chi connectivity index (χ3v) is 4.71. The van der Waals surface area contributed by atoms with E-state index in [1.807, 2.05) is 24.4 Å². The second-order valence-electron chi connectivity index (χ2n) is 5.31. The van der Waals surface area contributed by atoms with Gasteiger partial charge in [-0.3, -0.25) is 0 Å². The van der Waals surface area contributed by atoms with E-state index in [0.717, 1.165) is 15.8 Å². The molecule has 0 saturated heterocycles. The number of hydrogen-bond donors (Lipinski definition) is 0. The lowest BCUT2D eigenvalue weighted by molar-refractivity contribution is 0.287. The van der Waals surface area contributed by atoms with Gasteiger partial charge >= 0.3 is 5.63 Å². The number of ether oxygens (including phenoxy) is 1. The van der Waals surface area contributed by atoms with Gasteiger partial charge in [-0.15, -0.1) is 11.3 Å². The number of fused-ring (bicyclic) bond motifs is 1. The summed E-state index contributed by atoms with van der Waals surface area (Å²) in [4.78, 5) is 16.7. The summed E-state index contributed by atoms with van der Waals surface area (Å²) in [5.41, 5.74) is 0.785.